The molecular formula is C32H28FN5O3. The molecule has 0 aliphatic carbocycles. The molecule has 0 unspecified atom stereocenters. The minimum Gasteiger partial charge on any atom is -0.488 e. The van der Waals surface area contributed by atoms with Crippen LogP contribution in [0.1, 0.15) is 38.1 Å². The SMILES string of the molecule is Cc1cccc2oc([C@H](C)n3nc(-c4ccc(OC(C)C)c(F)c4)c4c(N)ncnc43)c(-c3ccccc3)c(=O)c12. The highest BCUT2D eigenvalue weighted by molar-refractivity contribution is 5.98. The maximum Gasteiger partial charge on any atom is 0.201 e. The Balaban J connectivity index is 1.59. The van der Waals surface area contributed by atoms with Crippen molar-refractivity contribution in [2.45, 2.75) is 39.8 Å². The van der Waals surface area contributed by atoms with Gasteiger partial charge in [0.05, 0.1) is 22.4 Å². The van der Waals surface area contributed by atoms with E-state index in [-0.39, 0.29) is 23.1 Å². The third kappa shape index (κ3) is 4.49. The largest absolute Gasteiger partial charge is 0.488 e. The Morgan fingerprint density at radius 3 is 2.46 bits per heavy atom. The minimum atomic E-state index is -0.596. The van der Waals surface area contributed by atoms with Gasteiger partial charge in [-0.2, -0.15) is 5.10 Å². The summed E-state index contributed by atoms with van der Waals surface area (Å²) in [6.07, 6.45) is 1.17. The van der Waals surface area contributed by atoms with E-state index in [1.54, 1.807) is 22.9 Å². The lowest BCUT2D eigenvalue weighted by Gasteiger charge is -2.17. The number of hydrogen-bond donors (Lipinski definition) is 1. The molecule has 3 aromatic heterocycles. The van der Waals surface area contributed by atoms with Crippen LogP contribution in [0.25, 0.3) is 44.4 Å². The third-order valence-electron chi connectivity index (χ3n) is 7.05. The predicted octanol–water partition coefficient (Wildman–Crippen LogP) is 6.69. The van der Waals surface area contributed by atoms with Crippen LogP contribution in [-0.4, -0.2) is 25.9 Å². The van der Waals surface area contributed by atoms with Crippen LogP contribution in [0.2, 0.25) is 0 Å². The van der Waals surface area contributed by atoms with Gasteiger partial charge in [-0.15, -0.1) is 0 Å². The molecule has 0 radical (unpaired) electrons. The number of ether oxygens (including phenoxy) is 1. The lowest BCUT2D eigenvalue weighted by molar-refractivity contribution is 0.231. The number of rotatable bonds is 6. The van der Waals surface area contributed by atoms with Gasteiger partial charge in [-0.3, -0.25) is 4.79 Å². The zero-order chi connectivity index (χ0) is 28.8. The molecular weight excluding hydrogens is 521 g/mol. The number of fused-ring (bicyclic) bond motifs is 2. The molecule has 2 N–H and O–H groups in total. The van der Waals surface area contributed by atoms with E-state index in [0.717, 1.165) is 11.1 Å². The Kier molecular flexibility index (Phi) is 6.49. The van der Waals surface area contributed by atoms with Crippen molar-refractivity contribution < 1.29 is 13.5 Å². The van der Waals surface area contributed by atoms with Crippen LogP contribution in [0.15, 0.2) is 82.3 Å². The molecule has 0 aliphatic rings. The van der Waals surface area contributed by atoms with E-state index in [1.165, 1.54) is 12.4 Å². The Hall–Kier alpha value is -5.05. The maximum atomic E-state index is 15.0. The maximum absolute atomic E-state index is 15.0. The molecule has 0 saturated carbocycles. The topological polar surface area (TPSA) is 109 Å². The van der Waals surface area contributed by atoms with Crippen LogP contribution in [0.4, 0.5) is 10.2 Å². The van der Waals surface area contributed by atoms with Gasteiger partial charge in [-0.05, 0) is 63.1 Å². The fourth-order valence-electron chi connectivity index (χ4n) is 5.17. The Labute approximate surface area is 235 Å². The second-order valence-electron chi connectivity index (χ2n) is 10.2. The molecule has 1 atom stereocenters. The molecule has 9 heteroatoms. The van der Waals surface area contributed by atoms with Crippen molar-refractivity contribution in [2.75, 3.05) is 5.73 Å². The number of halogens is 1. The van der Waals surface area contributed by atoms with Crippen LogP contribution in [0, 0.1) is 12.7 Å². The van der Waals surface area contributed by atoms with Crippen LogP contribution in [0.5, 0.6) is 5.75 Å². The van der Waals surface area contributed by atoms with Gasteiger partial charge in [0, 0.05) is 5.56 Å². The minimum absolute atomic E-state index is 0.133. The highest BCUT2D eigenvalue weighted by Crippen LogP contribution is 2.37. The Morgan fingerprint density at radius 2 is 1.73 bits per heavy atom. The summed E-state index contributed by atoms with van der Waals surface area (Å²) in [6, 6.07) is 19.0. The molecule has 41 heavy (non-hydrogen) atoms. The quantitative estimate of drug-likeness (QED) is 0.246. The van der Waals surface area contributed by atoms with E-state index in [2.05, 4.69) is 9.97 Å². The summed E-state index contributed by atoms with van der Waals surface area (Å²) < 4.78 is 28.7. The molecule has 0 saturated heterocycles. The summed E-state index contributed by atoms with van der Waals surface area (Å²) in [5.74, 6) is 0.236. The molecule has 3 heterocycles. The summed E-state index contributed by atoms with van der Waals surface area (Å²) in [5.41, 5.74) is 9.96. The fourth-order valence-corrected chi connectivity index (χ4v) is 5.17. The fraction of sp³-hybridized carbons (Fsp3) is 0.188. The van der Waals surface area contributed by atoms with E-state index in [1.807, 2.05) is 70.2 Å². The van der Waals surface area contributed by atoms with Crippen molar-refractivity contribution >= 4 is 27.8 Å². The van der Waals surface area contributed by atoms with Crippen molar-refractivity contribution in [3.05, 3.63) is 100 Å². The van der Waals surface area contributed by atoms with Gasteiger partial charge in [0.2, 0.25) is 5.43 Å². The van der Waals surface area contributed by atoms with Crippen LogP contribution in [0.3, 0.4) is 0 Å². The Morgan fingerprint density at radius 1 is 0.951 bits per heavy atom. The van der Waals surface area contributed by atoms with E-state index in [0.29, 0.717) is 44.6 Å². The van der Waals surface area contributed by atoms with Crippen molar-refractivity contribution in [3.63, 3.8) is 0 Å². The highest BCUT2D eigenvalue weighted by Gasteiger charge is 2.27. The van der Waals surface area contributed by atoms with Crippen LogP contribution >= 0.6 is 0 Å². The number of aryl methyl sites for hydroxylation is 1. The lowest BCUT2D eigenvalue weighted by atomic mass is 9.98. The Bertz CT molecular complexity index is 1980. The smallest absolute Gasteiger partial charge is 0.201 e. The first-order valence-corrected chi connectivity index (χ1v) is 13.3. The number of anilines is 1. The lowest BCUT2D eigenvalue weighted by Crippen LogP contribution is -2.17. The van der Waals surface area contributed by atoms with E-state index < -0.39 is 11.9 Å². The molecule has 8 nitrogen and oxygen atoms in total. The summed E-state index contributed by atoms with van der Waals surface area (Å²) in [7, 11) is 0. The average molecular weight is 550 g/mol. The van der Waals surface area contributed by atoms with Crippen molar-refractivity contribution in [1.29, 1.82) is 0 Å². The second kappa shape index (κ2) is 10.2. The van der Waals surface area contributed by atoms with Crippen LogP contribution < -0.4 is 15.9 Å². The number of aromatic nitrogens is 4. The molecule has 0 spiro atoms. The summed E-state index contributed by atoms with van der Waals surface area (Å²) in [4.78, 5) is 22.7. The highest BCUT2D eigenvalue weighted by atomic mass is 19.1. The van der Waals surface area contributed by atoms with E-state index >= 15 is 4.39 Å². The zero-order valence-electron chi connectivity index (χ0n) is 23.1. The predicted molar refractivity (Wildman–Crippen MR) is 157 cm³/mol. The van der Waals surface area contributed by atoms with Crippen molar-refractivity contribution in [1.82, 2.24) is 19.7 Å². The van der Waals surface area contributed by atoms with Gasteiger partial charge in [0.25, 0.3) is 0 Å². The van der Waals surface area contributed by atoms with Crippen LogP contribution in [-0.2, 0) is 0 Å². The molecule has 0 amide bonds. The average Bonchev–Trinajstić information content (AvgIpc) is 3.35. The molecule has 3 aromatic carbocycles. The van der Waals surface area contributed by atoms with Gasteiger partial charge in [0.15, 0.2) is 17.2 Å². The molecule has 206 valence electrons. The number of nitrogens with two attached hydrogens (primary N) is 1. The second-order valence-corrected chi connectivity index (χ2v) is 10.2. The zero-order valence-corrected chi connectivity index (χ0v) is 23.1. The van der Waals surface area contributed by atoms with Gasteiger partial charge >= 0.3 is 0 Å². The monoisotopic (exact) mass is 549 g/mol. The summed E-state index contributed by atoms with van der Waals surface area (Å²) in [5, 5.41) is 5.85. The molecule has 6 aromatic rings. The molecule has 0 aliphatic heterocycles. The van der Waals surface area contributed by atoms with Crippen molar-refractivity contribution in [2.24, 2.45) is 0 Å². The van der Waals surface area contributed by atoms with Crippen molar-refractivity contribution in [3.8, 4) is 28.1 Å². The number of nitrogens with zero attached hydrogens (tertiary/aromatic N) is 4. The first kappa shape index (κ1) is 26.2. The van der Waals surface area contributed by atoms with Gasteiger partial charge < -0.3 is 14.9 Å². The first-order valence-electron chi connectivity index (χ1n) is 13.3. The standard InChI is InChI=1S/C32H28FN5O3/c1-17(2)40-23-14-13-21(15-22(23)33)28-27-31(34)35-16-36-32(27)38(37-28)19(4)30-26(20-10-6-5-7-11-20)29(39)25-18(3)9-8-12-24(25)41-30/h5-17,19H,1-4H3,(H2,34,35,36)/t19-/m0/s1. The molecule has 0 fully saturated rings. The van der Waals surface area contributed by atoms with Gasteiger partial charge in [0.1, 0.15) is 35.2 Å². The normalized spacial score (nSPS) is 12.3. The third-order valence-corrected chi connectivity index (χ3v) is 7.05. The molecule has 6 rings (SSSR count). The van der Waals surface area contributed by atoms with Gasteiger partial charge in [-0.25, -0.2) is 19.0 Å². The molecule has 0 bridgehead atoms. The van der Waals surface area contributed by atoms with E-state index in [4.69, 9.17) is 20.0 Å². The summed E-state index contributed by atoms with van der Waals surface area (Å²) >= 11 is 0. The summed E-state index contributed by atoms with van der Waals surface area (Å²) in [6.45, 7) is 7.43. The number of hydrogen-bond acceptors (Lipinski definition) is 7. The van der Waals surface area contributed by atoms with Gasteiger partial charge in [-0.1, -0.05) is 42.5 Å². The number of nitrogen functional groups attached to an aromatic ring is 1. The number of benzene rings is 3. The van der Waals surface area contributed by atoms with E-state index in [9.17, 15) is 4.79 Å². The first-order chi connectivity index (χ1) is 19.7.